The van der Waals surface area contributed by atoms with Gasteiger partial charge in [-0.2, -0.15) is 0 Å². The molecule has 0 amide bonds. The van der Waals surface area contributed by atoms with Crippen LogP contribution in [0.5, 0.6) is 5.75 Å². The van der Waals surface area contributed by atoms with Crippen LogP contribution in [0.15, 0.2) is 42.0 Å². The number of methoxy groups -OCH3 is 1. The third-order valence-corrected chi connectivity index (χ3v) is 6.23. The Bertz CT molecular complexity index is 686. The van der Waals surface area contributed by atoms with Crippen molar-refractivity contribution in [2.24, 2.45) is 5.11 Å². The summed E-state index contributed by atoms with van der Waals surface area (Å²) in [6, 6.07) is 7.56. The molecule has 1 aromatic carbocycles. The molecule has 0 aliphatic rings. The maximum absolute atomic E-state index is 8.84. The highest BCUT2D eigenvalue weighted by molar-refractivity contribution is 7.46. The van der Waals surface area contributed by atoms with Crippen LogP contribution in [-0.4, -0.2) is 52.3 Å². The molecule has 3 atom stereocenters. The average Bonchev–Trinajstić information content (AvgIpc) is 2.86. The second-order valence-corrected chi connectivity index (χ2v) is 9.42. The molecule has 1 aromatic rings. The van der Waals surface area contributed by atoms with Crippen molar-refractivity contribution < 1.29 is 23.3 Å². The fourth-order valence-corrected chi connectivity index (χ4v) is 4.00. The van der Waals surface area contributed by atoms with E-state index in [4.69, 9.17) is 28.8 Å². The summed E-state index contributed by atoms with van der Waals surface area (Å²) in [7, 11) is 0.625. The zero-order chi connectivity index (χ0) is 24.9. The molecule has 1 rings (SSSR count). The number of rotatable bonds is 22. The van der Waals surface area contributed by atoms with Crippen LogP contribution < -0.4 is 4.74 Å². The van der Waals surface area contributed by atoms with E-state index in [0.29, 0.717) is 26.4 Å². The molecule has 0 aromatic heterocycles. The van der Waals surface area contributed by atoms with E-state index in [1.807, 2.05) is 30.9 Å². The second kappa shape index (κ2) is 20.7. The first-order chi connectivity index (χ1) is 16.6. The summed E-state index contributed by atoms with van der Waals surface area (Å²) in [5.41, 5.74) is 9.96. The van der Waals surface area contributed by atoms with Crippen molar-refractivity contribution in [1.29, 1.82) is 0 Å². The molecule has 0 saturated carbocycles. The predicted octanol–water partition coefficient (Wildman–Crippen LogP) is 7.19. The Hall–Kier alpha value is -1.66. The van der Waals surface area contributed by atoms with Gasteiger partial charge in [0.25, 0.3) is 0 Å². The second-order valence-electron chi connectivity index (χ2n) is 8.03. The summed E-state index contributed by atoms with van der Waals surface area (Å²) < 4.78 is 28.4. The van der Waals surface area contributed by atoms with E-state index in [9.17, 15) is 0 Å². The fraction of sp³-hybridized carbons (Fsp3) is 0.680. The van der Waals surface area contributed by atoms with Crippen LogP contribution >= 0.6 is 8.38 Å². The smallest absolute Gasteiger partial charge is 0.167 e. The third kappa shape index (κ3) is 15.3. The highest BCUT2D eigenvalue weighted by Gasteiger charge is 2.13. The van der Waals surface area contributed by atoms with Crippen molar-refractivity contribution >= 4 is 8.38 Å². The standard InChI is InChI=1S/C25H42N3O5P/c1-5-7-8-9-10-11-25(31-19-22-12-14-24(29-3)15-13-22)16-18-30-20-23(27-28-26)21-33-34(4)32-17-6-2/h6,12-15,23,25H,2,5,7-11,16-21H2,1,3-4H3/t23?,25-,34?/m1/s1. The fourth-order valence-electron chi connectivity index (χ4n) is 3.23. The molecule has 0 heterocycles. The van der Waals surface area contributed by atoms with Crippen LogP contribution in [0, 0.1) is 0 Å². The van der Waals surface area contributed by atoms with E-state index in [1.165, 1.54) is 25.7 Å². The largest absolute Gasteiger partial charge is 0.497 e. The summed E-state index contributed by atoms with van der Waals surface area (Å²) in [5, 5.41) is 3.78. The minimum Gasteiger partial charge on any atom is -0.497 e. The van der Waals surface area contributed by atoms with E-state index in [1.54, 1.807) is 13.2 Å². The van der Waals surface area contributed by atoms with Crippen molar-refractivity contribution in [2.45, 2.75) is 70.6 Å². The normalized spacial score (nSPS) is 13.6. The Balaban J connectivity index is 2.45. The lowest BCUT2D eigenvalue weighted by atomic mass is 10.1. The van der Waals surface area contributed by atoms with Gasteiger partial charge in [0, 0.05) is 18.2 Å². The Kier molecular flexibility index (Phi) is 18.5. The van der Waals surface area contributed by atoms with Crippen molar-refractivity contribution in [2.75, 3.05) is 40.2 Å². The third-order valence-electron chi connectivity index (χ3n) is 5.21. The number of azide groups is 1. The molecular weight excluding hydrogens is 453 g/mol. The van der Waals surface area contributed by atoms with E-state index >= 15 is 0 Å². The Morgan fingerprint density at radius 2 is 1.85 bits per heavy atom. The molecule has 0 saturated heterocycles. The highest BCUT2D eigenvalue weighted by atomic mass is 31.2. The molecule has 0 N–H and O–H groups in total. The van der Waals surface area contributed by atoms with Crippen LogP contribution in [0.2, 0.25) is 0 Å². The van der Waals surface area contributed by atoms with E-state index in [2.05, 4.69) is 23.5 Å². The average molecular weight is 496 g/mol. The number of unbranched alkanes of at least 4 members (excludes halogenated alkanes) is 4. The number of benzene rings is 1. The Morgan fingerprint density at radius 3 is 2.53 bits per heavy atom. The molecule has 9 heteroatoms. The van der Waals surface area contributed by atoms with E-state index in [0.717, 1.165) is 30.6 Å². The van der Waals surface area contributed by atoms with Gasteiger partial charge in [-0.25, -0.2) is 0 Å². The van der Waals surface area contributed by atoms with Crippen molar-refractivity contribution in [3.05, 3.63) is 52.9 Å². The first kappa shape index (κ1) is 30.4. The summed E-state index contributed by atoms with van der Waals surface area (Å²) in [6.07, 6.45) is 9.74. The maximum atomic E-state index is 8.84. The molecule has 0 radical (unpaired) electrons. The highest BCUT2D eigenvalue weighted by Crippen LogP contribution is 2.33. The first-order valence-electron chi connectivity index (χ1n) is 12.1. The quantitative estimate of drug-likeness (QED) is 0.0424. The lowest BCUT2D eigenvalue weighted by Crippen LogP contribution is -2.21. The number of nitrogens with zero attached hydrogens (tertiary/aromatic N) is 3. The summed E-state index contributed by atoms with van der Waals surface area (Å²) >= 11 is 0. The zero-order valence-electron chi connectivity index (χ0n) is 21.1. The van der Waals surface area contributed by atoms with Gasteiger partial charge >= 0.3 is 0 Å². The molecule has 0 aliphatic carbocycles. The van der Waals surface area contributed by atoms with Gasteiger partial charge in [0.05, 0.1) is 45.7 Å². The van der Waals surface area contributed by atoms with Gasteiger partial charge in [0.15, 0.2) is 8.38 Å². The molecule has 8 nitrogen and oxygen atoms in total. The van der Waals surface area contributed by atoms with E-state index in [-0.39, 0.29) is 12.7 Å². The van der Waals surface area contributed by atoms with Gasteiger partial charge in [0.2, 0.25) is 0 Å². The molecule has 0 fully saturated rings. The molecular formula is C25H42N3O5P. The Labute approximate surface area is 206 Å². The Morgan fingerprint density at radius 1 is 1.09 bits per heavy atom. The van der Waals surface area contributed by atoms with Gasteiger partial charge in [0.1, 0.15) is 5.75 Å². The van der Waals surface area contributed by atoms with Gasteiger partial charge in [-0.3, -0.25) is 0 Å². The summed E-state index contributed by atoms with van der Waals surface area (Å²) in [4.78, 5) is 2.91. The zero-order valence-corrected chi connectivity index (χ0v) is 22.0. The topological polar surface area (TPSA) is 94.9 Å². The summed E-state index contributed by atoms with van der Waals surface area (Å²) in [6.45, 7) is 9.79. The van der Waals surface area contributed by atoms with Gasteiger partial charge in [-0.1, -0.05) is 62.4 Å². The maximum Gasteiger partial charge on any atom is 0.167 e. The van der Waals surface area contributed by atoms with Crippen molar-refractivity contribution in [3.8, 4) is 5.75 Å². The van der Waals surface area contributed by atoms with E-state index < -0.39 is 14.4 Å². The van der Waals surface area contributed by atoms with Crippen LogP contribution in [0.4, 0.5) is 0 Å². The van der Waals surface area contributed by atoms with Crippen LogP contribution in [0.3, 0.4) is 0 Å². The lowest BCUT2D eigenvalue weighted by Gasteiger charge is -2.20. The molecule has 0 bridgehead atoms. The van der Waals surface area contributed by atoms with Gasteiger partial charge in [-0.15, -0.1) is 6.58 Å². The van der Waals surface area contributed by atoms with Gasteiger partial charge < -0.3 is 23.3 Å². The molecule has 34 heavy (non-hydrogen) atoms. The lowest BCUT2D eigenvalue weighted by molar-refractivity contribution is 0.00294. The van der Waals surface area contributed by atoms with Crippen molar-refractivity contribution in [3.63, 3.8) is 0 Å². The first-order valence-corrected chi connectivity index (χ1v) is 13.7. The van der Waals surface area contributed by atoms with Crippen molar-refractivity contribution in [1.82, 2.24) is 0 Å². The molecule has 0 aliphatic heterocycles. The van der Waals surface area contributed by atoms with Crippen LogP contribution in [-0.2, 0) is 25.1 Å². The SMILES string of the molecule is C=CCOP(C)OCC(COCC[C@@H](CCCCCCC)OCc1ccc(OC)cc1)N=[N+]=[N-]. The molecule has 2 unspecified atom stereocenters. The molecule has 192 valence electrons. The minimum absolute atomic E-state index is 0.119. The van der Waals surface area contributed by atoms with Crippen LogP contribution in [0.1, 0.15) is 57.4 Å². The van der Waals surface area contributed by atoms with Crippen LogP contribution in [0.25, 0.3) is 10.4 Å². The molecule has 0 spiro atoms. The number of hydrogen-bond donors (Lipinski definition) is 0. The number of hydrogen-bond acceptors (Lipinski definition) is 6. The summed E-state index contributed by atoms with van der Waals surface area (Å²) in [5.74, 6) is 0.839. The predicted molar refractivity (Wildman–Crippen MR) is 138 cm³/mol. The number of ether oxygens (including phenoxy) is 3. The minimum atomic E-state index is -1.04. The van der Waals surface area contributed by atoms with Gasteiger partial charge in [-0.05, 0) is 36.1 Å². The monoisotopic (exact) mass is 495 g/mol.